The van der Waals surface area contributed by atoms with Gasteiger partial charge >= 0.3 is 30.3 Å². The Hall–Kier alpha value is -12.2. The number of nitrogen functional groups attached to an aromatic ring is 2. The minimum atomic E-state index is -1.29. The molecule has 530 valence electrons. The normalized spacial score (nSPS) is 12.5. The zero-order chi connectivity index (χ0) is 72.3. The molecule has 0 saturated carbocycles. The van der Waals surface area contributed by atoms with Gasteiger partial charge in [-0.25, -0.2) is 33.9 Å². The molecule has 34 heteroatoms. The van der Waals surface area contributed by atoms with Crippen LogP contribution in [0.25, 0.3) is 11.2 Å². The second kappa shape index (κ2) is 37.3. The van der Waals surface area contributed by atoms with E-state index in [4.69, 9.17) is 40.9 Å². The summed E-state index contributed by atoms with van der Waals surface area (Å²) < 4.78 is 27.8. The quantitative estimate of drug-likeness (QED) is 0.0198. The zero-order valence-corrected chi connectivity index (χ0v) is 55.2. The number of anilines is 4. The molecule has 1 aliphatic heterocycles. The lowest BCUT2D eigenvalue weighted by Gasteiger charge is -2.25. The molecule has 0 spiro atoms. The average Bonchev–Trinajstić information content (AvgIpc) is 1.02. The van der Waals surface area contributed by atoms with Crippen molar-refractivity contribution < 1.29 is 81.5 Å². The number of alkyl carbamates (subject to hydrolysis) is 1. The number of carbonyl (C=O) groups is 11. The number of nitrogens with zero attached hydrogens (tertiary/aromatic N) is 7. The maximum Gasteiger partial charge on any atom is 0.415 e. The Bertz CT molecular complexity index is 3900. The van der Waals surface area contributed by atoms with Crippen LogP contribution in [0.3, 0.4) is 0 Å². The summed E-state index contributed by atoms with van der Waals surface area (Å²) in [6, 6.07) is 21.5. The van der Waals surface area contributed by atoms with Crippen LogP contribution in [-0.4, -0.2) is 190 Å². The molecule has 0 fully saturated rings. The lowest BCUT2D eigenvalue weighted by Crippen LogP contribution is -2.54. The number of benzene rings is 4. The molecule has 7 rings (SSSR count). The topological polar surface area (TPSA) is 478 Å². The van der Waals surface area contributed by atoms with Crippen LogP contribution in [0, 0.1) is 5.92 Å². The number of carbonyl (C=O) groups excluding carboxylic acids is 10. The van der Waals surface area contributed by atoms with Gasteiger partial charge in [-0.15, -0.1) is 0 Å². The van der Waals surface area contributed by atoms with Gasteiger partial charge in [-0.1, -0.05) is 56.3 Å². The number of hydrogen-bond acceptors (Lipinski definition) is 23. The van der Waals surface area contributed by atoms with E-state index in [1.807, 2.05) is 30.3 Å². The molecule has 0 aliphatic carbocycles. The molecular formula is C66H79N17O17. The predicted molar refractivity (Wildman–Crippen MR) is 360 cm³/mol. The van der Waals surface area contributed by atoms with E-state index in [0.29, 0.717) is 28.1 Å². The van der Waals surface area contributed by atoms with Crippen molar-refractivity contribution in [2.45, 2.75) is 77.4 Å². The molecule has 2 aromatic heterocycles. The molecule has 3 atom stereocenters. The third kappa shape index (κ3) is 23.6. The standard InChI is InChI=1S/C66H79N17O17/c1-39(2)53(78-64(93)97-33-32-96-31-30-83-51(84)24-25-52(83)85)60(89)76-48(12-8-27-71-63(69)92)59(88)75-44-18-14-41(15-19-44)38-99-65(94)81(3)28-29-82(4)66(95)100-46-22-23-47(50(34-46)98-37-40-10-6-5-7-11-40)58(87)70-26-9-13-49(61(90)91)77-57(86)42-16-20-43(21-17-42)72-35-45-36-73-56-54(74-45)55(67)79-62(68)80-56/h5-7,10-11,14-25,34,36,39,48-49,53,72H,8-9,12-13,26-33,35,37-38H2,1-4H3,(H,70,87)(H,75,88)(H,76,89)(H,77,86)(H,78,93)(H,90,91)(H3,69,71,92)(H4,67,68,73,79,80)/t48-,49-,53-/m0/s1. The van der Waals surface area contributed by atoms with E-state index >= 15 is 0 Å². The number of carboxylic acid groups (broad SMARTS) is 1. The maximum atomic E-state index is 13.7. The van der Waals surface area contributed by atoms with E-state index in [0.717, 1.165) is 22.6 Å². The number of ether oxygens (including phenoxy) is 5. The van der Waals surface area contributed by atoms with Crippen molar-refractivity contribution in [1.82, 2.24) is 61.2 Å². The number of aliphatic carboxylic acids is 1. The number of nitrogens with two attached hydrogens (primary N) is 3. The fourth-order valence-corrected chi connectivity index (χ4v) is 9.40. The Balaban J connectivity index is 0.837. The Morgan fingerprint density at radius 3 is 2.01 bits per heavy atom. The number of hydrogen-bond donors (Lipinski definition) is 11. The van der Waals surface area contributed by atoms with Crippen LogP contribution in [0.2, 0.25) is 0 Å². The summed E-state index contributed by atoms with van der Waals surface area (Å²) in [5, 5.41) is 28.8. The first-order chi connectivity index (χ1) is 47.9. The van der Waals surface area contributed by atoms with Gasteiger partial charge in [0.2, 0.25) is 17.8 Å². The number of nitrogens with one attached hydrogen (secondary N) is 7. The van der Waals surface area contributed by atoms with Crippen LogP contribution in [0.4, 0.5) is 42.3 Å². The molecule has 4 aromatic carbocycles. The molecule has 0 saturated heterocycles. The highest BCUT2D eigenvalue weighted by atomic mass is 16.6. The monoisotopic (exact) mass is 1380 g/mol. The maximum absolute atomic E-state index is 13.7. The molecule has 100 heavy (non-hydrogen) atoms. The highest BCUT2D eigenvalue weighted by Gasteiger charge is 2.30. The van der Waals surface area contributed by atoms with Crippen LogP contribution < -0.4 is 63.9 Å². The number of fused-ring (bicyclic) bond motifs is 1. The fourth-order valence-electron chi connectivity index (χ4n) is 9.40. The molecule has 6 aromatic rings. The van der Waals surface area contributed by atoms with E-state index in [2.05, 4.69) is 57.2 Å². The lowest BCUT2D eigenvalue weighted by molar-refractivity contribution is -0.140. The molecule has 3 heterocycles. The Morgan fingerprint density at radius 1 is 0.670 bits per heavy atom. The number of primary amides is 1. The Morgan fingerprint density at radius 2 is 1.33 bits per heavy atom. The highest BCUT2D eigenvalue weighted by Crippen LogP contribution is 2.27. The van der Waals surface area contributed by atoms with Crippen LogP contribution in [0.15, 0.2) is 115 Å². The fraction of sp³-hybridized carbons (Fsp3) is 0.348. The largest absolute Gasteiger partial charge is 0.488 e. The van der Waals surface area contributed by atoms with Crippen molar-refractivity contribution in [1.29, 1.82) is 0 Å². The van der Waals surface area contributed by atoms with Gasteiger partial charge < -0.3 is 93.0 Å². The number of rotatable bonds is 36. The van der Waals surface area contributed by atoms with Gasteiger partial charge in [0.1, 0.15) is 49.4 Å². The van der Waals surface area contributed by atoms with Gasteiger partial charge in [0.05, 0.1) is 43.8 Å². The molecule has 0 unspecified atom stereocenters. The summed E-state index contributed by atoms with van der Waals surface area (Å²) >= 11 is 0. The third-order valence-corrected chi connectivity index (χ3v) is 14.9. The lowest BCUT2D eigenvalue weighted by atomic mass is 10.0. The van der Waals surface area contributed by atoms with E-state index in [1.54, 1.807) is 50.2 Å². The van der Waals surface area contributed by atoms with Gasteiger partial charge in [0, 0.05) is 75.4 Å². The van der Waals surface area contributed by atoms with E-state index in [-0.39, 0.29) is 138 Å². The molecule has 14 N–H and O–H groups in total. The first kappa shape index (κ1) is 75.2. The second-order valence-electron chi connectivity index (χ2n) is 22.8. The molecule has 0 radical (unpaired) electrons. The number of imide groups is 1. The zero-order valence-electron chi connectivity index (χ0n) is 55.2. The van der Waals surface area contributed by atoms with Gasteiger partial charge in [-0.3, -0.25) is 33.7 Å². The summed E-state index contributed by atoms with van der Waals surface area (Å²) in [7, 11) is 2.92. The van der Waals surface area contributed by atoms with Crippen LogP contribution in [-0.2, 0) is 57.9 Å². The number of urea groups is 1. The number of carboxylic acids is 1. The minimum absolute atomic E-state index is 0.000308. The summed E-state index contributed by atoms with van der Waals surface area (Å²) in [5.41, 5.74) is 20.4. The molecular weight excluding hydrogens is 1300 g/mol. The molecule has 0 bridgehead atoms. The van der Waals surface area contributed by atoms with E-state index in [9.17, 15) is 57.8 Å². The van der Waals surface area contributed by atoms with Crippen molar-refractivity contribution in [2.75, 3.05) is 88.7 Å². The first-order valence-electron chi connectivity index (χ1n) is 31.5. The summed E-state index contributed by atoms with van der Waals surface area (Å²) in [5.74, 6) is -5.02. The Kier molecular flexibility index (Phi) is 28.1. The van der Waals surface area contributed by atoms with Crippen molar-refractivity contribution in [3.05, 3.63) is 143 Å². The SMILES string of the molecule is CC(C)[C@H](NC(=O)OCCOCCN1C(=O)C=CC1=O)C(=O)N[C@@H](CCCNC(N)=O)C(=O)Nc1ccc(COC(=O)N(C)CCN(C)C(=O)Oc2ccc(C(=O)NCCC[C@H](NC(=O)c3ccc(NCc4cnc5nc(N)nc(N)c5n4)cc3)C(=O)O)c(OCc3ccccc3)c2)cc1. The van der Waals surface area contributed by atoms with Crippen LogP contribution >= 0.6 is 0 Å². The highest BCUT2D eigenvalue weighted by molar-refractivity contribution is 6.13. The smallest absolute Gasteiger partial charge is 0.415 e. The van der Waals surface area contributed by atoms with Gasteiger partial charge in [0.15, 0.2) is 17.0 Å². The first-order valence-corrected chi connectivity index (χ1v) is 31.5. The molecule has 11 amide bonds. The van der Waals surface area contributed by atoms with Gasteiger partial charge in [-0.05, 0) is 91.3 Å². The summed E-state index contributed by atoms with van der Waals surface area (Å²) in [6.45, 7) is 3.31. The molecule has 34 nitrogen and oxygen atoms in total. The predicted octanol–water partition coefficient (Wildman–Crippen LogP) is 3.43. The second-order valence-corrected chi connectivity index (χ2v) is 22.8. The third-order valence-electron chi connectivity index (χ3n) is 14.9. The number of likely N-dealkylation sites (N-methyl/N-ethyl adjacent to an activating group) is 2. The number of amides is 11. The van der Waals surface area contributed by atoms with Gasteiger partial charge in [0.25, 0.3) is 23.6 Å². The van der Waals surface area contributed by atoms with Crippen molar-refractivity contribution in [3.63, 3.8) is 0 Å². The number of aromatic nitrogens is 4. The average molecular weight is 1380 g/mol. The van der Waals surface area contributed by atoms with Crippen molar-refractivity contribution in [2.24, 2.45) is 11.7 Å². The van der Waals surface area contributed by atoms with E-state index < -0.39 is 89.8 Å². The van der Waals surface area contributed by atoms with Crippen molar-refractivity contribution >= 4 is 100 Å². The van der Waals surface area contributed by atoms with E-state index in [1.165, 1.54) is 60.4 Å². The van der Waals surface area contributed by atoms with Crippen LogP contribution in [0.5, 0.6) is 11.5 Å². The van der Waals surface area contributed by atoms with Crippen LogP contribution in [0.1, 0.15) is 77.1 Å². The Labute approximate surface area is 573 Å². The summed E-state index contributed by atoms with van der Waals surface area (Å²) in [6.07, 6.45) is 1.73. The minimum Gasteiger partial charge on any atom is -0.488 e. The van der Waals surface area contributed by atoms with Gasteiger partial charge in [-0.2, -0.15) is 9.97 Å². The molecule has 1 aliphatic rings. The van der Waals surface area contributed by atoms with Crippen molar-refractivity contribution in [3.8, 4) is 11.5 Å². The summed E-state index contributed by atoms with van der Waals surface area (Å²) in [4.78, 5) is 160.